The standard InChI is InChI=1S/C11H10O5/c1-16-10-5-3-2-4-7(10)8(12)6-9(13)11(14)15/h2-6,12H,1H3,(H,14,15)/p-2. The van der Waals surface area contributed by atoms with Crippen LogP contribution in [0.2, 0.25) is 0 Å². The molecule has 0 aliphatic carbocycles. The van der Waals surface area contributed by atoms with Crippen molar-refractivity contribution in [3.63, 3.8) is 0 Å². The average molecular weight is 220 g/mol. The van der Waals surface area contributed by atoms with Crippen LogP contribution in [-0.4, -0.2) is 18.9 Å². The zero-order chi connectivity index (χ0) is 12.1. The fourth-order valence-electron chi connectivity index (χ4n) is 1.10. The number of benzene rings is 1. The van der Waals surface area contributed by atoms with Gasteiger partial charge >= 0.3 is 0 Å². The molecule has 0 aliphatic heterocycles. The maximum atomic E-state index is 11.5. The second-order valence-electron chi connectivity index (χ2n) is 2.86. The van der Waals surface area contributed by atoms with E-state index >= 15 is 0 Å². The summed E-state index contributed by atoms with van der Waals surface area (Å²) in [5, 5.41) is 21.6. The number of carboxylic acids is 1. The Morgan fingerprint density at radius 3 is 2.44 bits per heavy atom. The first-order valence-corrected chi connectivity index (χ1v) is 4.33. The number of hydrogen-bond acceptors (Lipinski definition) is 5. The molecule has 0 amide bonds. The number of carboxylic acid groups (broad SMARTS) is 1. The first-order chi connectivity index (χ1) is 7.56. The minimum atomic E-state index is -1.91. The lowest BCUT2D eigenvalue weighted by Gasteiger charge is -2.15. The van der Waals surface area contributed by atoms with Crippen LogP contribution >= 0.6 is 0 Å². The monoisotopic (exact) mass is 220 g/mol. The van der Waals surface area contributed by atoms with Gasteiger partial charge in [-0.2, -0.15) is 0 Å². The van der Waals surface area contributed by atoms with E-state index in [2.05, 4.69) is 0 Å². The molecule has 5 nitrogen and oxygen atoms in total. The summed E-state index contributed by atoms with van der Waals surface area (Å²) in [6.45, 7) is 0. The van der Waals surface area contributed by atoms with E-state index in [1.165, 1.54) is 19.2 Å². The van der Waals surface area contributed by atoms with Crippen molar-refractivity contribution < 1.29 is 24.5 Å². The van der Waals surface area contributed by atoms with Gasteiger partial charge in [0.2, 0.25) is 5.78 Å². The average Bonchev–Trinajstić information content (AvgIpc) is 2.28. The molecule has 0 saturated heterocycles. The number of hydrogen-bond donors (Lipinski definition) is 0. The lowest BCUT2D eigenvalue weighted by molar-refractivity contribution is -0.299. The van der Waals surface area contributed by atoms with Gasteiger partial charge in [0.25, 0.3) is 0 Å². The van der Waals surface area contributed by atoms with E-state index in [9.17, 15) is 19.8 Å². The maximum Gasteiger partial charge on any atom is 0.200 e. The molecule has 0 aliphatic rings. The molecule has 0 N–H and O–H groups in total. The van der Waals surface area contributed by atoms with E-state index in [0.717, 1.165) is 0 Å². The van der Waals surface area contributed by atoms with E-state index in [0.29, 0.717) is 6.08 Å². The Morgan fingerprint density at radius 2 is 1.88 bits per heavy atom. The second-order valence-corrected chi connectivity index (χ2v) is 2.86. The van der Waals surface area contributed by atoms with Gasteiger partial charge in [-0.05, 0) is 12.1 Å². The van der Waals surface area contributed by atoms with Gasteiger partial charge in [0, 0.05) is 5.56 Å². The molecule has 0 saturated carbocycles. The second kappa shape index (κ2) is 4.97. The summed E-state index contributed by atoms with van der Waals surface area (Å²) in [7, 11) is 1.37. The van der Waals surface area contributed by atoms with Crippen molar-refractivity contribution in [3.8, 4) is 5.75 Å². The summed E-state index contributed by atoms with van der Waals surface area (Å²) >= 11 is 0. The zero-order valence-corrected chi connectivity index (χ0v) is 8.43. The quantitative estimate of drug-likeness (QED) is 0.358. The Kier molecular flexibility index (Phi) is 3.66. The molecule has 5 heteroatoms. The highest BCUT2D eigenvalue weighted by Crippen LogP contribution is 2.21. The Bertz CT molecular complexity index is 447. The molecule has 1 aromatic rings. The Balaban J connectivity index is 3.09. The van der Waals surface area contributed by atoms with Gasteiger partial charge in [-0.25, -0.2) is 0 Å². The smallest absolute Gasteiger partial charge is 0.200 e. The van der Waals surface area contributed by atoms with E-state index in [4.69, 9.17) is 4.74 Å². The molecule has 0 atom stereocenters. The van der Waals surface area contributed by atoms with Gasteiger partial charge in [-0.1, -0.05) is 24.0 Å². The van der Waals surface area contributed by atoms with Gasteiger partial charge in [0.05, 0.1) is 7.11 Å². The lowest BCUT2D eigenvalue weighted by atomic mass is 10.1. The highest BCUT2D eigenvalue weighted by molar-refractivity contribution is 6.37. The number of aliphatic carboxylic acids is 1. The molecule has 0 aromatic heterocycles. The minimum Gasteiger partial charge on any atom is -0.872 e. The summed E-state index contributed by atoms with van der Waals surface area (Å²) in [6, 6.07) is 6.19. The van der Waals surface area contributed by atoms with Crippen molar-refractivity contribution in [2.45, 2.75) is 0 Å². The molecule has 0 unspecified atom stereocenters. The Hall–Kier alpha value is -2.30. The van der Waals surface area contributed by atoms with Crippen molar-refractivity contribution in [3.05, 3.63) is 35.9 Å². The number of ether oxygens (including phenoxy) is 1. The van der Waals surface area contributed by atoms with Crippen LogP contribution in [0.15, 0.2) is 30.3 Å². The van der Waals surface area contributed by atoms with Crippen molar-refractivity contribution in [2.24, 2.45) is 0 Å². The Morgan fingerprint density at radius 1 is 1.25 bits per heavy atom. The van der Waals surface area contributed by atoms with Gasteiger partial charge in [-0.15, -0.1) is 0 Å². The minimum absolute atomic E-state index is 0.125. The molecule has 0 bridgehead atoms. The third-order valence-electron chi connectivity index (χ3n) is 1.84. The largest absolute Gasteiger partial charge is 0.872 e. The number of methoxy groups -OCH3 is 1. The molecule has 0 heterocycles. The SMILES string of the molecule is COc1ccccc1C([O-])=CC(=O)C(=O)[O-]. The number of ketones is 1. The molecular weight excluding hydrogens is 212 g/mol. The Labute approximate surface area is 91.6 Å². The van der Waals surface area contributed by atoms with Crippen molar-refractivity contribution in [2.75, 3.05) is 7.11 Å². The molecule has 1 aromatic carbocycles. The van der Waals surface area contributed by atoms with Gasteiger partial charge in [0.15, 0.2) is 0 Å². The maximum absolute atomic E-state index is 11.5. The molecule has 16 heavy (non-hydrogen) atoms. The van der Waals surface area contributed by atoms with Crippen LogP contribution in [-0.2, 0) is 9.59 Å². The first kappa shape index (κ1) is 11.8. The van der Waals surface area contributed by atoms with Gasteiger partial charge in [0.1, 0.15) is 11.7 Å². The normalized spacial score (nSPS) is 10.9. The third kappa shape index (κ3) is 2.60. The molecular formula is C11H8O5-2. The highest BCUT2D eigenvalue weighted by atomic mass is 16.5. The molecule has 0 spiro atoms. The van der Waals surface area contributed by atoms with Crippen LogP contribution in [0, 0.1) is 0 Å². The van der Waals surface area contributed by atoms with E-state index < -0.39 is 17.5 Å². The van der Waals surface area contributed by atoms with Crippen LogP contribution in [0.3, 0.4) is 0 Å². The van der Waals surface area contributed by atoms with Crippen molar-refractivity contribution in [1.29, 1.82) is 0 Å². The predicted molar refractivity (Wildman–Crippen MR) is 51.0 cm³/mol. The molecule has 0 radical (unpaired) electrons. The fourth-order valence-corrected chi connectivity index (χ4v) is 1.10. The number of carbonyl (C=O) groups excluding carboxylic acids is 2. The van der Waals surface area contributed by atoms with E-state index in [1.54, 1.807) is 12.1 Å². The van der Waals surface area contributed by atoms with Crippen LogP contribution in [0.5, 0.6) is 5.75 Å². The lowest BCUT2D eigenvalue weighted by Crippen LogP contribution is -2.30. The van der Waals surface area contributed by atoms with Gasteiger partial charge < -0.3 is 19.7 Å². The summed E-state index contributed by atoms with van der Waals surface area (Å²) < 4.78 is 4.89. The number of carbonyl (C=O) groups is 2. The van der Waals surface area contributed by atoms with Crippen LogP contribution < -0.4 is 14.9 Å². The summed E-state index contributed by atoms with van der Waals surface area (Å²) in [5.74, 6) is -3.74. The number of rotatable bonds is 4. The predicted octanol–water partition coefficient (Wildman–Crippen LogP) is -1.28. The van der Waals surface area contributed by atoms with Crippen LogP contribution in [0.1, 0.15) is 5.56 Å². The third-order valence-corrected chi connectivity index (χ3v) is 1.84. The summed E-state index contributed by atoms with van der Waals surface area (Å²) in [4.78, 5) is 20.9. The van der Waals surface area contributed by atoms with Crippen molar-refractivity contribution >= 4 is 17.5 Å². The number of para-hydroxylation sites is 1. The zero-order valence-electron chi connectivity index (χ0n) is 8.43. The summed E-state index contributed by atoms with van der Waals surface area (Å²) in [5.41, 5.74) is 0.125. The fraction of sp³-hybridized carbons (Fsp3) is 0.0909. The van der Waals surface area contributed by atoms with Crippen molar-refractivity contribution in [1.82, 2.24) is 0 Å². The topological polar surface area (TPSA) is 89.5 Å². The first-order valence-electron chi connectivity index (χ1n) is 4.33. The van der Waals surface area contributed by atoms with E-state index in [-0.39, 0.29) is 11.3 Å². The molecule has 0 fully saturated rings. The summed E-state index contributed by atoms with van der Waals surface area (Å²) in [6.07, 6.45) is 0.465. The molecule has 1 rings (SSSR count). The molecule has 84 valence electrons. The van der Waals surface area contributed by atoms with Crippen LogP contribution in [0.4, 0.5) is 0 Å². The van der Waals surface area contributed by atoms with E-state index in [1.807, 2.05) is 0 Å². The highest BCUT2D eigenvalue weighted by Gasteiger charge is 2.02. The van der Waals surface area contributed by atoms with Gasteiger partial charge in [-0.3, -0.25) is 4.79 Å². The van der Waals surface area contributed by atoms with Crippen LogP contribution in [0.25, 0.3) is 5.76 Å².